The fraction of sp³-hybridized carbons (Fsp3) is 0.353. The molecule has 7 nitrogen and oxygen atoms in total. The Morgan fingerprint density at radius 2 is 1.55 bits per heavy atom. The first-order chi connectivity index (χ1) is 21.1. The molecule has 1 aliphatic rings. The first kappa shape index (κ1) is 31.6. The van der Waals surface area contributed by atoms with Crippen molar-refractivity contribution in [1.29, 1.82) is 0 Å². The van der Waals surface area contributed by atoms with Gasteiger partial charge in [-0.2, -0.15) is 10.2 Å². The number of ether oxygens (including phenoxy) is 1. The first-order valence-electron chi connectivity index (χ1n) is 14.8. The molecule has 230 valence electrons. The lowest BCUT2D eigenvalue weighted by molar-refractivity contribution is -0.00553. The summed E-state index contributed by atoms with van der Waals surface area (Å²) < 4.78 is 45.5. The Kier molecular flexibility index (Phi) is 9.33. The third kappa shape index (κ3) is 6.06. The van der Waals surface area contributed by atoms with Gasteiger partial charge in [-0.05, 0) is 47.5 Å². The van der Waals surface area contributed by atoms with Crippen LogP contribution in [-0.2, 0) is 15.8 Å². The van der Waals surface area contributed by atoms with Crippen LogP contribution in [-0.4, -0.2) is 43.8 Å². The minimum Gasteiger partial charge on any atom is -0.403 e. The number of anilines is 1. The van der Waals surface area contributed by atoms with Crippen LogP contribution in [0.1, 0.15) is 57.5 Å². The molecule has 0 aliphatic carbocycles. The zero-order valence-corrected chi connectivity index (χ0v) is 26.7. The Morgan fingerprint density at radius 3 is 2.05 bits per heavy atom. The van der Waals surface area contributed by atoms with Crippen molar-refractivity contribution in [2.45, 2.75) is 64.5 Å². The molecule has 1 aliphatic heterocycles. The van der Waals surface area contributed by atoms with E-state index in [2.05, 4.69) is 60.4 Å². The minimum atomic E-state index is -3.05. The molecular formula is C34H38F2N4O3Si. The molecule has 10 heteroatoms. The summed E-state index contributed by atoms with van der Waals surface area (Å²) in [6, 6.07) is 23.4. The van der Waals surface area contributed by atoms with E-state index in [1.54, 1.807) is 6.07 Å². The number of rotatable bonds is 9. The number of nitroso groups, excluding NO2 is 1. The number of morpholine rings is 1. The predicted molar refractivity (Wildman–Crippen MR) is 171 cm³/mol. The van der Waals surface area contributed by atoms with Crippen LogP contribution >= 0.6 is 0 Å². The van der Waals surface area contributed by atoms with Crippen molar-refractivity contribution >= 4 is 24.4 Å². The van der Waals surface area contributed by atoms with Gasteiger partial charge in [-0.3, -0.25) is 0 Å². The van der Waals surface area contributed by atoms with Gasteiger partial charge in [-0.15, -0.1) is 4.91 Å². The second kappa shape index (κ2) is 13.0. The van der Waals surface area contributed by atoms with Crippen molar-refractivity contribution in [1.82, 2.24) is 10.2 Å². The van der Waals surface area contributed by atoms with E-state index >= 15 is 8.78 Å². The van der Waals surface area contributed by atoms with E-state index in [4.69, 9.17) is 9.16 Å². The lowest BCUT2D eigenvalue weighted by Gasteiger charge is -2.43. The largest absolute Gasteiger partial charge is 0.403 e. The molecule has 0 bridgehead atoms. The molecule has 0 amide bonds. The maximum absolute atomic E-state index is 16.4. The van der Waals surface area contributed by atoms with Gasteiger partial charge in [0.15, 0.2) is 17.7 Å². The molecule has 1 saturated heterocycles. The lowest BCUT2D eigenvalue weighted by atomic mass is 9.98. The highest BCUT2D eigenvalue weighted by molar-refractivity contribution is 6.99. The second-order valence-corrected chi connectivity index (χ2v) is 16.7. The van der Waals surface area contributed by atoms with Gasteiger partial charge in [-0.25, -0.2) is 8.78 Å². The lowest BCUT2D eigenvalue weighted by Crippen LogP contribution is -2.66. The molecule has 0 radical (unpaired) electrons. The van der Waals surface area contributed by atoms with E-state index in [0.29, 0.717) is 18.7 Å². The number of nitrogens with zero attached hydrogens (tertiary/aromatic N) is 4. The monoisotopic (exact) mass is 616 g/mol. The van der Waals surface area contributed by atoms with Gasteiger partial charge >= 0.3 is 0 Å². The molecule has 5 rings (SSSR count). The van der Waals surface area contributed by atoms with Crippen molar-refractivity contribution in [2.75, 3.05) is 18.0 Å². The predicted octanol–water partition coefficient (Wildman–Crippen LogP) is 6.30. The van der Waals surface area contributed by atoms with Gasteiger partial charge < -0.3 is 14.1 Å². The molecule has 3 atom stereocenters. The average Bonchev–Trinajstić information content (AvgIpc) is 3.00. The second-order valence-electron chi connectivity index (χ2n) is 12.4. The maximum atomic E-state index is 16.4. The van der Waals surface area contributed by atoms with Gasteiger partial charge in [0.05, 0.1) is 30.2 Å². The third-order valence-corrected chi connectivity index (χ3v) is 13.1. The van der Waals surface area contributed by atoms with E-state index in [0.717, 1.165) is 10.4 Å². The average molecular weight is 617 g/mol. The highest BCUT2D eigenvalue weighted by Crippen LogP contribution is 2.40. The summed E-state index contributed by atoms with van der Waals surface area (Å²) in [5.41, 5.74) is 0.443. The molecule has 1 aromatic heterocycles. The van der Waals surface area contributed by atoms with Crippen molar-refractivity contribution in [3.05, 3.63) is 118 Å². The summed E-state index contributed by atoms with van der Waals surface area (Å²) >= 11 is 0. The first-order valence-corrected chi connectivity index (χ1v) is 16.7. The summed E-state index contributed by atoms with van der Waals surface area (Å²) in [5, 5.41) is 12.7. The van der Waals surface area contributed by atoms with Crippen LogP contribution in [0.2, 0.25) is 5.04 Å². The molecule has 3 aromatic carbocycles. The SMILES string of the molecule is C[C@@H]1CN(c2c(CO[Si](c3ccccc3)(c3ccccc3)C(C)(C)C)cc(C(N=O)c3cccnn3)c(F)c2F)C[C@H](C)O1. The van der Waals surface area contributed by atoms with E-state index in [9.17, 15) is 4.91 Å². The number of benzene rings is 3. The van der Waals surface area contributed by atoms with Gasteiger partial charge in [0.1, 0.15) is 0 Å². The van der Waals surface area contributed by atoms with Crippen LogP contribution in [0.5, 0.6) is 0 Å². The molecule has 1 unspecified atom stereocenters. The normalized spacial score (nSPS) is 18.2. The zero-order valence-electron chi connectivity index (χ0n) is 25.7. The van der Waals surface area contributed by atoms with Crippen LogP contribution in [0.25, 0.3) is 0 Å². The number of hydrogen-bond donors (Lipinski definition) is 0. The Hall–Kier alpha value is -3.86. The number of hydrogen-bond acceptors (Lipinski definition) is 7. The van der Waals surface area contributed by atoms with Crippen LogP contribution < -0.4 is 15.3 Å². The Morgan fingerprint density at radius 1 is 0.955 bits per heavy atom. The quantitative estimate of drug-likeness (QED) is 0.162. The van der Waals surface area contributed by atoms with Gasteiger partial charge in [0.25, 0.3) is 8.32 Å². The highest BCUT2D eigenvalue weighted by atomic mass is 28.4. The Labute approximate surface area is 258 Å². The van der Waals surface area contributed by atoms with E-state index in [-0.39, 0.29) is 40.8 Å². The Bertz CT molecular complexity index is 1520. The fourth-order valence-corrected chi connectivity index (χ4v) is 10.9. The fourth-order valence-electron chi connectivity index (χ4n) is 6.38. The van der Waals surface area contributed by atoms with Crippen molar-refractivity contribution in [2.24, 2.45) is 5.18 Å². The van der Waals surface area contributed by atoms with Gasteiger partial charge in [0.2, 0.25) is 0 Å². The van der Waals surface area contributed by atoms with Crippen molar-refractivity contribution < 1.29 is 17.9 Å². The number of halogens is 2. The smallest absolute Gasteiger partial charge is 0.261 e. The van der Waals surface area contributed by atoms with Gasteiger partial charge in [0, 0.05) is 30.4 Å². The molecule has 4 aromatic rings. The van der Waals surface area contributed by atoms with E-state index in [1.807, 2.05) is 55.1 Å². The molecular weight excluding hydrogens is 578 g/mol. The molecule has 2 heterocycles. The summed E-state index contributed by atoms with van der Waals surface area (Å²) in [5.74, 6) is -2.20. The summed E-state index contributed by atoms with van der Waals surface area (Å²) in [6.45, 7) is 11.0. The molecule has 0 N–H and O–H groups in total. The number of aromatic nitrogens is 2. The topological polar surface area (TPSA) is 76.9 Å². The third-order valence-electron chi connectivity index (χ3n) is 8.16. The maximum Gasteiger partial charge on any atom is 0.261 e. The standard InChI is InChI=1S/C34H38F2N4O3Si/c1-23-20-40(21-24(2)43-23)33-25(19-28(30(35)31(33)36)32(39-41)29-17-12-18-37-38-29)22-42-44(34(3,4)5,26-13-8-6-9-14-26)27-15-10-7-11-16-27/h6-19,23-24,32H,20-22H2,1-5H3/t23-,24+,32?. The highest BCUT2D eigenvalue weighted by Gasteiger charge is 2.50. The van der Waals surface area contributed by atoms with Crippen molar-refractivity contribution in [3.8, 4) is 0 Å². The molecule has 0 spiro atoms. The zero-order chi connectivity index (χ0) is 31.5. The Balaban J connectivity index is 1.70. The summed E-state index contributed by atoms with van der Waals surface area (Å²) in [7, 11) is -3.05. The van der Waals surface area contributed by atoms with Crippen LogP contribution in [0.4, 0.5) is 14.5 Å². The summed E-state index contributed by atoms with van der Waals surface area (Å²) in [4.78, 5) is 13.9. The van der Waals surface area contributed by atoms with E-state index in [1.165, 1.54) is 18.3 Å². The van der Waals surface area contributed by atoms with Crippen LogP contribution in [0, 0.1) is 16.5 Å². The van der Waals surface area contributed by atoms with Crippen LogP contribution in [0.15, 0.2) is 90.2 Å². The molecule has 0 saturated carbocycles. The van der Waals surface area contributed by atoms with Crippen molar-refractivity contribution in [3.63, 3.8) is 0 Å². The van der Waals surface area contributed by atoms with E-state index < -0.39 is 26.0 Å². The molecule has 1 fully saturated rings. The summed E-state index contributed by atoms with van der Waals surface area (Å²) in [6.07, 6.45) is 1.04. The molecule has 44 heavy (non-hydrogen) atoms. The van der Waals surface area contributed by atoms with Gasteiger partial charge in [-0.1, -0.05) is 86.6 Å². The van der Waals surface area contributed by atoms with Crippen LogP contribution in [0.3, 0.4) is 0 Å². The minimum absolute atomic E-state index is 0.0288.